The van der Waals surface area contributed by atoms with E-state index in [0.29, 0.717) is 17.0 Å². The van der Waals surface area contributed by atoms with Crippen LogP contribution in [-0.4, -0.2) is 43.0 Å². The Morgan fingerprint density at radius 3 is 2.31 bits per heavy atom. The third-order valence-corrected chi connectivity index (χ3v) is 5.57. The molecule has 0 aliphatic carbocycles. The van der Waals surface area contributed by atoms with Crippen molar-refractivity contribution in [1.82, 2.24) is 5.32 Å². The number of alkyl carbamates (subject to hydrolysis) is 1. The zero-order valence-electron chi connectivity index (χ0n) is 19.9. The molecular weight excluding hydrogens is 458 g/mol. The number of anilines is 1. The first-order valence-electron chi connectivity index (χ1n) is 11.7. The quantitative estimate of drug-likeness (QED) is 0.485. The molecule has 1 atom stereocenters. The first-order chi connectivity index (χ1) is 17.6. The molecule has 1 aliphatic heterocycles. The Morgan fingerprint density at radius 2 is 1.58 bits per heavy atom. The molecule has 3 aromatic rings. The molecule has 2 amide bonds. The van der Waals surface area contributed by atoms with Crippen LogP contribution in [0.25, 0.3) is 0 Å². The summed E-state index contributed by atoms with van der Waals surface area (Å²) in [5.74, 6) is -0.891. The van der Waals surface area contributed by atoms with E-state index in [1.54, 1.807) is 13.0 Å². The Bertz CT molecular complexity index is 1240. The number of hydrogen-bond acceptors (Lipinski definition) is 6. The van der Waals surface area contributed by atoms with E-state index in [9.17, 15) is 14.4 Å². The first kappa shape index (κ1) is 24.7. The monoisotopic (exact) mass is 485 g/mol. The molecule has 0 spiro atoms. The van der Waals surface area contributed by atoms with Crippen molar-refractivity contribution in [1.29, 1.82) is 0 Å². The highest BCUT2D eigenvalue weighted by molar-refractivity contribution is 6.20. The van der Waals surface area contributed by atoms with Gasteiger partial charge in [0.25, 0.3) is 5.91 Å². The third-order valence-electron chi connectivity index (χ3n) is 5.57. The van der Waals surface area contributed by atoms with Crippen LogP contribution in [0.4, 0.5) is 10.5 Å². The fourth-order valence-corrected chi connectivity index (χ4v) is 3.89. The Balaban J connectivity index is 1.65. The fourth-order valence-electron chi connectivity index (χ4n) is 3.89. The molecule has 1 aliphatic rings. The number of aliphatic imine (C=N–C) groups is 1. The molecule has 3 aromatic carbocycles. The molecule has 0 fully saturated rings. The topological polar surface area (TPSA) is 97.3 Å². The maximum absolute atomic E-state index is 13.7. The molecule has 1 heterocycles. The molecule has 0 aromatic heterocycles. The van der Waals surface area contributed by atoms with Crippen molar-refractivity contribution >= 4 is 29.4 Å². The smallest absolute Gasteiger partial charge is 0.409 e. The summed E-state index contributed by atoms with van der Waals surface area (Å²) in [5.41, 5.74) is 3.46. The lowest BCUT2D eigenvalue weighted by molar-refractivity contribution is -0.142. The summed E-state index contributed by atoms with van der Waals surface area (Å²) in [6, 6.07) is 26.0. The van der Waals surface area contributed by atoms with Gasteiger partial charge in [0.15, 0.2) is 0 Å². The number of amides is 2. The summed E-state index contributed by atoms with van der Waals surface area (Å²) in [4.78, 5) is 44.5. The number of carbonyl (C=O) groups is 3. The Labute approximate surface area is 209 Å². The van der Waals surface area contributed by atoms with Crippen molar-refractivity contribution in [3.8, 4) is 0 Å². The highest BCUT2D eigenvalue weighted by Gasteiger charge is 2.33. The van der Waals surface area contributed by atoms with Crippen LogP contribution in [0, 0.1) is 0 Å². The number of rotatable bonds is 8. The SMILES string of the molecule is CCOC(=O)CCN1C(=O)C(NC(=O)OCc2ccccc2)N=C(c2ccccc2)c2ccccc21. The summed E-state index contributed by atoms with van der Waals surface area (Å²) in [6.07, 6.45) is -2.03. The number of hydrogen-bond donors (Lipinski definition) is 1. The van der Waals surface area contributed by atoms with E-state index in [1.807, 2.05) is 78.9 Å². The molecule has 36 heavy (non-hydrogen) atoms. The molecule has 0 radical (unpaired) electrons. The number of benzodiazepines with no additional fused rings is 1. The van der Waals surface area contributed by atoms with Crippen molar-refractivity contribution in [3.63, 3.8) is 0 Å². The largest absolute Gasteiger partial charge is 0.466 e. The van der Waals surface area contributed by atoms with E-state index in [1.165, 1.54) is 4.90 Å². The third kappa shape index (κ3) is 5.96. The normalized spacial score (nSPS) is 14.8. The summed E-state index contributed by atoms with van der Waals surface area (Å²) in [5, 5.41) is 2.60. The Morgan fingerprint density at radius 1 is 0.917 bits per heavy atom. The van der Waals surface area contributed by atoms with E-state index in [4.69, 9.17) is 9.47 Å². The van der Waals surface area contributed by atoms with Gasteiger partial charge in [-0.2, -0.15) is 0 Å². The summed E-state index contributed by atoms with van der Waals surface area (Å²) < 4.78 is 10.4. The predicted molar refractivity (Wildman–Crippen MR) is 136 cm³/mol. The van der Waals surface area contributed by atoms with Crippen LogP contribution in [-0.2, 0) is 25.7 Å². The van der Waals surface area contributed by atoms with Gasteiger partial charge >= 0.3 is 12.1 Å². The minimum absolute atomic E-state index is 0.000240. The second-order valence-electron chi connectivity index (χ2n) is 8.01. The molecule has 4 rings (SSSR count). The molecule has 1 N–H and O–H groups in total. The summed E-state index contributed by atoms with van der Waals surface area (Å²) in [7, 11) is 0. The van der Waals surface area contributed by atoms with Crippen LogP contribution in [0.15, 0.2) is 89.9 Å². The van der Waals surface area contributed by atoms with Gasteiger partial charge in [-0.3, -0.25) is 14.9 Å². The second kappa shape index (κ2) is 11.8. The predicted octanol–water partition coefficient (Wildman–Crippen LogP) is 4.08. The van der Waals surface area contributed by atoms with Crippen molar-refractivity contribution in [2.45, 2.75) is 26.1 Å². The van der Waals surface area contributed by atoms with Crippen molar-refractivity contribution in [2.75, 3.05) is 18.1 Å². The average molecular weight is 486 g/mol. The molecule has 0 bridgehead atoms. The second-order valence-corrected chi connectivity index (χ2v) is 8.01. The number of carbonyl (C=O) groups excluding carboxylic acids is 3. The molecular formula is C28H27N3O5. The van der Waals surface area contributed by atoms with Gasteiger partial charge in [-0.05, 0) is 18.6 Å². The van der Waals surface area contributed by atoms with Gasteiger partial charge < -0.3 is 14.4 Å². The lowest BCUT2D eigenvalue weighted by Gasteiger charge is -2.25. The van der Waals surface area contributed by atoms with E-state index in [2.05, 4.69) is 10.3 Å². The highest BCUT2D eigenvalue weighted by Crippen LogP contribution is 2.28. The van der Waals surface area contributed by atoms with Crippen LogP contribution in [0.3, 0.4) is 0 Å². The van der Waals surface area contributed by atoms with Crippen LogP contribution in [0.1, 0.15) is 30.0 Å². The molecule has 1 unspecified atom stereocenters. The lowest BCUT2D eigenvalue weighted by atomic mass is 10.0. The summed E-state index contributed by atoms with van der Waals surface area (Å²) >= 11 is 0. The molecule has 0 saturated heterocycles. The van der Waals surface area contributed by atoms with E-state index >= 15 is 0 Å². The van der Waals surface area contributed by atoms with Gasteiger partial charge in [-0.1, -0.05) is 78.9 Å². The number of esters is 1. The minimum atomic E-state index is -1.25. The van der Waals surface area contributed by atoms with Gasteiger partial charge in [-0.25, -0.2) is 9.79 Å². The van der Waals surface area contributed by atoms with Gasteiger partial charge in [0, 0.05) is 17.7 Å². The fraction of sp³-hybridized carbons (Fsp3) is 0.214. The Hall–Kier alpha value is -4.46. The Kier molecular flexibility index (Phi) is 8.08. The minimum Gasteiger partial charge on any atom is -0.466 e. The number of benzene rings is 3. The number of nitrogens with one attached hydrogen (secondary N) is 1. The maximum Gasteiger partial charge on any atom is 0.409 e. The average Bonchev–Trinajstić information content (AvgIpc) is 3.02. The molecule has 8 heteroatoms. The van der Waals surface area contributed by atoms with Crippen molar-refractivity contribution in [2.24, 2.45) is 4.99 Å². The standard InChI is InChI=1S/C28H27N3O5/c1-2-35-24(32)17-18-31-23-16-10-9-15-22(23)25(21-13-7-4-8-14-21)29-26(27(31)33)30-28(34)36-19-20-11-5-3-6-12-20/h3-16,26H,2,17-19H2,1H3,(H,30,34). The van der Waals surface area contributed by atoms with Gasteiger partial charge in [-0.15, -0.1) is 0 Å². The summed E-state index contributed by atoms with van der Waals surface area (Å²) in [6.45, 7) is 2.10. The zero-order valence-corrected chi connectivity index (χ0v) is 19.9. The van der Waals surface area contributed by atoms with Crippen LogP contribution < -0.4 is 10.2 Å². The van der Waals surface area contributed by atoms with Crippen molar-refractivity contribution in [3.05, 3.63) is 102 Å². The zero-order chi connectivity index (χ0) is 25.3. The molecule has 8 nitrogen and oxygen atoms in total. The van der Waals surface area contributed by atoms with E-state index < -0.39 is 24.1 Å². The number of nitrogens with zero attached hydrogens (tertiary/aromatic N) is 2. The van der Waals surface area contributed by atoms with Crippen LogP contribution in [0.5, 0.6) is 0 Å². The number of para-hydroxylation sites is 1. The molecule has 0 saturated carbocycles. The maximum atomic E-state index is 13.7. The number of fused-ring (bicyclic) bond motifs is 1. The molecule has 184 valence electrons. The lowest BCUT2D eigenvalue weighted by Crippen LogP contribution is -2.48. The van der Waals surface area contributed by atoms with Crippen molar-refractivity contribution < 1.29 is 23.9 Å². The first-order valence-corrected chi connectivity index (χ1v) is 11.7. The van der Waals surface area contributed by atoms with Gasteiger partial charge in [0.05, 0.1) is 24.4 Å². The van der Waals surface area contributed by atoms with Gasteiger partial charge in [0.1, 0.15) is 6.61 Å². The van der Waals surface area contributed by atoms with Crippen LogP contribution >= 0.6 is 0 Å². The highest BCUT2D eigenvalue weighted by atomic mass is 16.5. The number of ether oxygens (including phenoxy) is 2. The van der Waals surface area contributed by atoms with Gasteiger partial charge in [0.2, 0.25) is 6.17 Å². The van der Waals surface area contributed by atoms with E-state index in [0.717, 1.165) is 11.1 Å². The van der Waals surface area contributed by atoms with E-state index in [-0.39, 0.29) is 26.2 Å². The van der Waals surface area contributed by atoms with Crippen LogP contribution in [0.2, 0.25) is 0 Å².